The van der Waals surface area contributed by atoms with Crippen molar-refractivity contribution in [2.45, 2.75) is 45.6 Å². The van der Waals surface area contributed by atoms with Gasteiger partial charge < -0.3 is 20.4 Å². The van der Waals surface area contributed by atoms with Crippen molar-refractivity contribution in [1.29, 1.82) is 0 Å². The molecule has 0 unspecified atom stereocenters. The second-order valence-corrected chi connectivity index (χ2v) is 6.09. The standard InChI is InChI=1S/C17H28N4O2.HI/c1-3-18-17(21-14-8-6-13(2)7-9-14)20-11-10-19-16(22)15-5-4-12-23-15;/h4-5,12-14H,3,6-11H2,1-2H3,(H,19,22)(H2,18,20,21);1H. The lowest BCUT2D eigenvalue weighted by Gasteiger charge is -2.28. The number of carbonyl (C=O) groups is 1. The van der Waals surface area contributed by atoms with E-state index < -0.39 is 0 Å². The van der Waals surface area contributed by atoms with Gasteiger partial charge in [-0.3, -0.25) is 9.79 Å². The molecule has 0 saturated heterocycles. The monoisotopic (exact) mass is 448 g/mol. The smallest absolute Gasteiger partial charge is 0.287 e. The summed E-state index contributed by atoms with van der Waals surface area (Å²) in [5.74, 6) is 1.79. The molecule has 1 saturated carbocycles. The van der Waals surface area contributed by atoms with Gasteiger partial charge in [-0.15, -0.1) is 24.0 Å². The van der Waals surface area contributed by atoms with Gasteiger partial charge in [-0.25, -0.2) is 0 Å². The lowest BCUT2D eigenvalue weighted by Crippen LogP contribution is -2.45. The average Bonchev–Trinajstić information content (AvgIpc) is 3.08. The maximum Gasteiger partial charge on any atom is 0.287 e. The fourth-order valence-electron chi connectivity index (χ4n) is 2.75. The predicted octanol–water partition coefficient (Wildman–Crippen LogP) is 2.76. The topological polar surface area (TPSA) is 78.7 Å². The third-order valence-corrected chi connectivity index (χ3v) is 4.11. The highest BCUT2D eigenvalue weighted by molar-refractivity contribution is 14.0. The first kappa shape index (κ1) is 20.8. The molecule has 1 aromatic rings. The molecule has 0 aromatic carbocycles. The molecular formula is C17H29IN4O2. The largest absolute Gasteiger partial charge is 0.459 e. The van der Waals surface area contributed by atoms with Crippen LogP contribution in [0.4, 0.5) is 0 Å². The van der Waals surface area contributed by atoms with Crippen LogP contribution < -0.4 is 16.0 Å². The summed E-state index contributed by atoms with van der Waals surface area (Å²) in [7, 11) is 0. The molecule has 0 spiro atoms. The first-order valence-electron chi connectivity index (χ1n) is 8.55. The van der Waals surface area contributed by atoms with Gasteiger partial charge in [0.05, 0.1) is 12.8 Å². The number of carbonyl (C=O) groups excluding carboxylic acids is 1. The molecule has 6 nitrogen and oxygen atoms in total. The Morgan fingerprint density at radius 2 is 2.04 bits per heavy atom. The number of rotatable bonds is 6. The summed E-state index contributed by atoms with van der Waals surface area (Å²) in [4.78, 5) is 16.3. The number of guanidine groups is 1. The van der Waals surface area contributed by atoms with E-state index in [1.165, 1.54) is 31.9 Å². The van der Waals surface area contributed by atoms with Crippen molar-refractivity contribution in [2.24, 2.45) is 10.9 Å². The summed E-state index contributed by atoms with van der Waals surface area (Å²) in [6.45, 7) is 6.21. The molecule has 1 fully saturated rings. The molecule has 0 aliphatic heterocycles. The number of aliphatic imine (C=N–C) groups is 1. The maximum atomic E-state index is 11.7. The van der Waals surface area contributed by atoms with Crippen LogP contribution in [0.1, 0.15) is 50.1 Å². The Kier molecular flexibility index (Phi) is 9.82. The van der Waals surface area contributed by atoms with Gasteiger partial charge in [-0.05, 0) is 50.7 Å². The third-order valence-electron chi connectivity index (χ3n) is 4.11. The fourth-order valence-corrected chi connectivity index (χ4v) is 2.75. The molecule has 1 aliphatic carbocycles. The van der Waals surface area contributed by atoms with E-state index in [2.05, 4.69) is 34.8 Å². The van der Waals surface area contributed by atoms with E-state index in [0.717, 1.165) is 18.4 Å². The molecular weight excluding hydrogens is 419 g/mol. The van der Waals surface area contributed by atoms with Gasteiger partial charge in [0, 0.05) is 19.1 Å². The van der Waals surface area contributed by atoms with Crippen LogP contribution in [0.5, 0.6) is 0 Å². The normalized spacial score (nSPS) is 20.8. The number of nitrogens with one attached hydrogen (secondary N) is 3. The van der Waals surface area contributed by atoms with Crippen LogP contribution in [0.15, 0.2) is 27.8 Å². The maximum absolute atomic E-state index is 11.7. The Labute approximate surface area is 161 Å². The summed E-state index contributed by atoms with van der Waals surface area (Å²) in [6, 6.07) is 3.85. The van der Waals surface area contributed by atoms with E-state index in [9.17, 15) is 4.79 Å². The van der Waals surface area contributed by atoms with Crippen LogP contribution in [0.2, 0.25) is 0 Å². The van der Waals surface area contributed by atoms with E-state index in [0.29, 0.717) is 24.9 Å². The number of hydrogen-bond acceptors (Lipinski definition) is 3. The number of halogens is 1. The number of hydrogen-bond donors (Lipinski definition) is 3. The van der Waals surface area contributed by atoms with Crippen LogP contribution in [-0.2, 0) is 0 Å². The molecule has 3 N–H and O–H groups in total. The Morgan fingerprint density at radius 3 is 2.67 bits per heavy atom. The highest BCUT2D eigenvalue weighted by Gasteiger charge is 2.18. The Morgan fingerprint density at radius 1 is 1.29 bits per heavy atom. The van der Waals surface area contributed by atoms with Gasteiger partial charge in [0.25, 0.3) is 5.91 Å². The van der Waals surface area contributed by atoms with Gasteiger partial charge in [-0.1, -0.05) is 6.92 Å². The molecule has 7 heteroatoms. The minimum absolute atomic E-state index is 0. The number of nitrogens with zero attached hydrogens (tertiary/aromatic N) is 1. The fraction of sp³-hybridized carbons (Fsp3) is 0.647. The Balaban J connectivity index is 0.00000288. The van der Waals surface area contributed by atoms with Crippen molar-refractivity contribution in [3.63, 3.8) is 0 Å². The molecule has 1 heterocycles. The second kappa shape index (κ2) is 11.3. The molecule has 24 heavy (non-hydrogen) atoms. The summed E-state index contributed by atoms with van der Waals surface area (Å²) in [5.41, 5.74) is 0. The van der Waals surface area contributed by atoms with Gasteiger partial charge in [-0.2, -0.15) is 0 Å². The summed E-state index contributed by atoms with van der Waals surface area (Å²) >= 11 is 0. The summed E-state index contributed by atoms with van der Waals surface area (Å²) in [6.07, 6.45) is 6.43. The summed E-state index contributed by atoms with van der Waals surface area (Å²) in [5, 5.41) is 9.56. The van der Waals surface area contributed by atoms with Gasteiger partial charge in [0.1, 0.15) is 0 Å². The molecule has 1 amide bonds. The molecule has 1 aromatic heterocycles. The average molecular weight is 448 g/mol. The zero-order chi connectivity index (χ0) is 16.5. The van der Waals surface area contributed by atoms with Crippen molar-refractivity contribution in [1.82, 2.24) is 16.0 Å². The van der Waals surface area contributed by atoms with Crippen LogP contribution in [-0.4, -0.2) is 37.5 Å². The SMILES string of the molecule is CCNC(=NCCNC(=O)c1ccco1)NC1CCC(C)CC1.I. The van der Waals surface area contributed by atoms with Crippen LogP contribution >= 0.6 is 24.0 Å². The number of furan rings is 1. The van der Waals surface area contributed by atoms with Crippen molar-refractivity contribution < 1.29 is 9.21 Å². The quantitative estimate of drug-likeness (QED) is 0.271. The first-order chi connectivity index (χ1) is 11.2. The van der Waals surface area contributed by atoms with E-state index in [1.54, 1.807) is 12.1 Å². The minimum atomic E-state index is -0.204. The lowest BCUT2D eigenvalue weighted by atomic mass is 9.87. The van der Waals surface area contributed by atoms with Gasteiger partial charge in [0.2, 0.25) is 0 Å². The second-order valence-electron chi connectivity index (χ2n) is 6.09. The number of amides is 1. The summed E-state index contributed by atoms with van der Waals surface area (Å²) < 4.78 is 5.05. The molecule has 0 radical (unpaired) electrons. The highest BCUT2D eigenvalue weighted by atomic mass is 127. The van der Waals surface area contributed by atoms with E-state index in [1.807, 2.05) is 0 Å². The van der Waals surface area contributed by atoms with Gasteiger partial charge in [0.15, 0.2) is 11.7 Å². The Hall–Kier alpha value is -1.25. The van der Waals surface area contributed by atoms with Crippen LogP contribution in [0.3, 0.4) is 0 Å². The molecule has 0 atom stereocenters. The van der Waals surface area contributed by atoms with Crippen molar-refractivity contribution in [3.8, 4) is 0 Å². The third kappa shape index (κ3) is 7.11. The molecule has 1 aliphatic rings. The highest BCUT2D eigenvalue weighted by Crippen LogP contribution is 2.23. The van der Waals surface area contributed by atoms with Crippen molar-refractivity contribution >= 4 is 35.8 Å². The van der Waals surface area contributed by atoms with E-state index in [-0.39, 0.29) is 29.9 Å². The van der Waals surface area contributed by atoms with Crippen molar-refractivity contribution in [3.05, 3.63) is 24.2 Å². The van der Waals surface area contributed by atoms with Gasteiger partial charge >= 0.3 is 0 Å². The zero-order valence-electron chi connectivity index (χ0n) is 14.5. The van der Waals surface area contributed by atoms with E-state index in [4.69, 9.17) is 4.42 Å². The van der Waals surface area contributed by atoms with E-state index >= 15 is 0 Å². The molecule has 0 bridgehead atoms. The first-order valence-corrected chi connectivity index (χ1v) is 8.55. The lowest BCUT2D eigenvalue weighted by molar-refractivity contribution is 0.0927. The van der Waals surface area contributed by atoms with Crippen molar-refractivity contribution in [2.75, 3.05) is 19.6 Å². The Bertz CT molecular complexity index is 497. The molecule has 136 valence electrons. The minimum Gasteiger partial charge on any atom is -0.459 e. The molecule has 2 rings (SSSR count). The zero-order valence-corrected chi connectivity index (χ0v) is 16.8. The predicted molar refractivity (Wildman–Crippen MR) is 107 cm³/mol. The van der Waals surface area contributed by atoms with Crippen LogP contribution in [0.25, 0.3) is 0 Å². The van der Waals surface area contributed by atoms with Crippen LogP contribution in [0, 0.1) is 5.92 Å².